The monoisotopic (exact) mass is 234 g/mol. The van der Waals surface area contributed by atoms with Gasteiger partial charge in [-0.2, -0.15) is 0 Å². The van der Waals surface area contributed by atoms with Gasteiger partial charge in [0.05, 0.1) is 7.11 Å². The third-order valence-electron chi connectivity index (χ3n) is 3.22. The standard InChI is InChI=1S/C13H18N2O2/c1-8(2)10-7-9(3)14-11(15-10)13(5-6-13)12(16)17-4/h7-8H,5-6H2,1-4H3. The molecule has 1 fully saturated rings. The van der Waals surface area contributed by atoms with E-state index < -0.39 is 5.41 Å². The predicted molar refractivity (Wildman–Crippen MR) is 63.8 cm³/mol. The summed E-state index contributed by atoms with van der Waals surface area (Å²) in [5.41, 5.74) is 1.33. The molecule has 0 radical (unpaired) electrons. The molecule has 0 aromatic carbocycles. The fourth-order valence-corrected chi connectivity index (χ4v) is 1.94. The second-order valence-electron chi connectivity index (χ2n) is 4.99. The molecule has 1 aliphatic carbocycles. The molecule has 1 aromatic heterocycles. The molecule has 1 heterocycles. The summed E-state index contributed by atoms with van der Waals surface area (Å²) >= 11 is 0. The van der Waals surface area contributed by atoms with Crippen LogP contribution >= 0.6 is 0 Å². The Bertz CT molecular complexity index is 451. The summed E-state index contributed by atoms with van der Waals surface area (Å²) in [5, 5.41) is 0. The number of hydrogen-bond acceptors (Lipinski definition) is 4. The molecule has 17 heavy (non-hydrogen) atoms. The van der Waals surface area contributed by atoms with Crippen LogP contribution in [0.1, 0.15) is 49.8 Å². The Morgan fingerprint density at radius 3 is 2.53 bits per heavy atom. The number of aryl methyl sites for hydroxylation is 1. The first-order valence-corrected chi connectivity index (χ1v) is 5.94. The van der Waals surface area contributed by atoms with Crippen molar-refractivity contribution < 1.29 is 9.53 Å². The fourth-order valence-electron chi connectivity index (χ4n) is 1.94. The van der Waals surface area contributed by atoms with Gasteiger partial charge in [-0.1, -0.05) is 13.8 Å². The molecule has 4 heteroatoms. The summed E-state index contributed by atoms with van der Waals surface area (Å²) in [4.78, 5) is 20.7. The summed E-state index contributed by atoms with van der Waals surface area (Å²) in [6.45, 7) is 6.11. The summed E-state index contributed by atoms with van der Waals surface area (Å²) in [6, 6.07) is 1.97. The van der Waals surface area contributed by atoms with Crippen LogP contribution in [-0.4, -0.2) is 23.0 Å². The molecule has 1 aliphatic rings. The average Bonchev–Trinajstić information content (AvgIpc) is 3.08. The third-order valence-corrected chi connectivity index (χ3v) is 3.22. The normalized spacial score (nSPS) is 17.0. The van der Waals surface area contributed by atoms with E-state index in [1.165, 1.54) is 7.11 Å². The van der Waals surface area contributed by atoms with E-state index in [1.54, 1.807) is 0 Å². The Morgan fingerprint density at radius 2 is 2.06 bits per heavy atom. The van der Waals surface area contributed by atoms with Crippen LogP contribution in [0.25, 0.3) is 0 Å². The molecular formula is C13H18N2O2. The van der Waals surface area contributed by atoms with Gasteiger partial charge in [0, 0.05) is 11.4 Å². The van der Waals surface area contributed by atoms with Crippen molar-refractivity contribution in [2.75, 3.05) is 7.11 Å². The van der Waals surface area contributed by atoms with Crippen LogP contribution in [0.4, 0.5) is 0 Å². The molecule has 92 valence electrons. The van der Waals surface area contributed by atoms with Crippen LogP contribution in [-0.2, 0) is 14.9 Å². The number of carbonyl (C=O) groups excluding carboxylic acids is 1. The minimum Gasteiger partial charge on any atom is -0.468 e. The molecule has 0 N–H and O–H groups in total. The largest absolute Gasteiger partial charge is 0.468 e. The minimum atomic E-state index is -0.565. The lowest BCUT2D eigenvalue weighted by atomic mass is 10.0. The predicted octanol–water partition coefficient (Wildman–Crippen LogP) is 2.11. The topological polar surface area (TPSA) is 52.1 Å². The van der Waals surface area contributed by atoms with E-state index in [9.17, 15) is 4.79 Å². The number of carbonyl (C=O) groups is 1. The Morgan fingerprint density at radius 1 is 1.41 bits per heavy atom. The Labute approximate surface area is 101 Å². The molecule has 0 unspecified atom stereocenters. The van der Waals surface area contributed by atoms with Crippen LogP contribution in [0.3, 0.4) is 0 Å². The number of esters is 1. The highest BCUT2D eigenvalue weighted by atomic mass is 16.5. The summed E-state index contributed by atoms with van der Waals surface area (Å²) in [5.74, 6) is 0.759. The highest BCUT2D eigenvalue weighted by Gasteiger charge is 2.55. The first kappa shape index (κ1) is 12.0. The Balaban J connectivity index is 2.43. The third kappa shape index (κ3) is 2.04. The van der Waals surface area contributed by atoms with Gasteiger partial charge in [0.2, 0.25) is 0 Å². The number of methoxy groups -OCH3 is 1. The van der Waals surface area contributed by atoms with E-state index in [-0.39, 0.29) is 5.97 Å². The highest BCUT2D eigenvalue weighted by Crippen LogP contribution is 2.47. The lowest BCUT2D eigenvalue weighted by Gasteiger charge is -2.14. The summed E-state index contributed by atoms with van der Waals surface area (Å²) in [6.07, 6.45) is 1.58. The molecule has 4 nitrogen and oxygen atoms in total. The zero-order valence-electron chi connectivity index (χ0n) is 10.8. The van der Waals surface area contributed by atoms with Crippen LogP contribution < -0.4 is 0 Å². The van der Waals surface area contributed by atoms with E-state index in [1.807, 2.05) is 13.0 Å². The van der Waals surface area contributed by atoms with Gasteiger partial charge in [-0.3, -0.25) is 4.79 Å². The van der Waals surface area contributed by atoms with Crippen molar-refractivity contribution >= 4 is 5.97 Å². The lowest BCUT2D eigenvalue weighted by Crippen LogP contribution is -2.25. The number of aromatic nitrogens is 2. The molecule has 1 aromatic rings. The first-order valence-electron chi connectivity index (χ1n) is 5.94. The van der Waals surface area contributed by atoms with Crippen molar-refractivity contribution in [3.63, 3.8) is 0 Å². The van der Waals surface area contributed by atoms with Gasteiger partial charge in [0.15, 0.2) is 0 Å². The molecule has 0 aliphatic heterocycles. The van der Waals surface area contributed by atoms with E-state index in [2.05, 4.69) is 23.8 Å². The quantitative estimate of drug-likeness (QED) is 0.752. The summed E-state index contributed by atoms with van der Waals surface area (Å²) < 4.78 is 4.85. The SMILES string of the molecule is COC(=O)C1(c2nc(C)cc(C(C)C)n2)CC1. The number of nitrogens with zero attached hydrogens (tertiary/aromatic N) is 2. The second-order valence-corrected chi connectivity index (χ2v) is 4.99. The van der Waals surface area contributed by atoms with Gasteiger partial charge in [-0.05, 0) is 31.7 Å². The zero-order valence-corrected chi connectivity index (χ0v) is 10.8. The maximum atomic E-state index is 11.8. The molecule has 1 saturated carbocycles. The molecule has 0 spiro atoms. The first-order chi connectivity index (χ1) is 7.99. The molecule has 0 saturated heterocycles. The lowest BCUT2D eigenvalue weighted by molar-refractivity contribution is -0.143. The highest BCUT2D eigenvalue weighted by molar-refractivity contribution is 5.85. The van der Waals surface area contributed by atoms with Crippen molar-refractivity contribution in [3.05, 3.63) is 23.3 Å². The van der Waals surface area contributed by atoms with E-state index in [4.69, 9.17) is 4.74 Å². The van der Waals surface area contributed by atoms with Gasteiger partial charge in [0.1, 0.15) is 11.2 Å². The smallest absolute Gasteiger partial charge is 0.319 e. The maximum absolute atomic E-state index is 11.8. The minimum absolute atomic E-state index is 0.210. The average molecular weight is 234 g/mol. The van der Waals surface area contributed by atoms with Gasteiger partial charge >= 0.3 is 5.97 Å². The Hall–Kier alpha value is -1.45. The zero-order chi connectivity index (χ0) is 12.6. The van der Waals surface area contributed by atoms with Crippen LogP contribution in [0.5, 0.6) is 0 Å². The Kier molecular flexibility index (Phi) is 2.89. The number of hydrogen-bond donors (Lipinski definition) is 0. The van der Waals surface area contributed by atoms with Crippen molar-refractivity contribution in [2.45, 2.75) is 44.9 Å². The maximum Gasteiger partial charge on any atom is 0.319 e. The van der Waals surface area contributed by atoms with E-state index >= 15 is 0 Å². The van der Waals surface area contributed by atoms with Gasteiger partial charge < -0.3 is 4.74 Å². The van der Waals surface area contributed by atoms with Crippen molar-refractivity contribution in [1.29, 1.82) is 0 Å². The van der Waals surface area contributed by atoms with Gasteiger partial charge in [-0.15, -0.1) is 0 Å². The molecule has 0 bridgehead atoms. The van der Waals surface area contributed by atoms with Gasteiger partial charge in [-0.25, -0.2) is 9.97 Å². The van der Waals surface area contributed by atoms with Crippen LogP contribution in [0.2, 0.25) is 0 Å². The van der Waals surface area contributed by atoms with E-state index in [0.717, 1.165) is 24.2 Å². The van der Waals surface area contributed by atoms with Crippen molar-refractivity contribution in [3.8, 4) is 0 Å². The molecular weight excluding hydrogens is 216 g/mol. The molecule has 0 amide bonds. The molecule has 0 atom stereocenters. The van der Waals surface area contributed by atoms with Crippen LogP contribution in [0, 0.1) is 6.92 Å². The van der Waals surface area contributed by atoms with E-state index in [0.29, 0.717) is 11.7 Å². The van der Waals surface area contributed by atoms with Crippen molar-refractivity contribution in [2.24, 2.45) is 0 Å². The van der Waals surface area contributed by atoms with Crippen molar-refractivity contribution in [1.82, 2.24) is 9.97 Å². The second kappa shape index (κ2) is 4.09. The van der Waals surface area contributed by atoms with Crippen LogP contribution in [0.15, 0.2) is 6.07 Å². The fraction of sp³-hybridized carbons (Fsp3) is 0.615. The number of ether oxygens (including phenoxy) is 1. The van der Waals surface area contributed by atoms with Gasteiger partial charge in [0.25, 0.3) is 0 Å². The summed E-state index contributed by atoms with van der Waals surface area (Å²) in [7, 11) is 1.42. The number of rotatable bonds is 3. The molecule has 2 rings (SSSR count).